The van der Waals surface area contributed by atoms with Gasteiger partial charge in [0.2, 0.25) is 5.91 Å². The van der Waals surface area contributed by atoms with Gasteiger partial charge in [0.25, 0.3) is 10.0 Å². The van der Waals surface area contributed by atoms with Gasteiger partial charge in [0.1, 0.15) is 12.4 Å². The van der Waals surface area contributed by atoms with Crippen molar-refractivity contribution in [2.24, 2.45) is 0 Å². The largest absolute Gasteiger partial charge is 0.493 e. The number of ether oxygens (including phenoxy) is 2. The van der Waals surface area contributed by atoms with Crippen LogP contribution in [0.15, 0.2) is 59.0 Å². The molecule has 7 nitrogen and oxygen atoms in total. The van der Waals surface area contributed by atoms with Gasteiger partial charge in [-0.15, -0.1) is 0 Å². The molecule has 2 aromatic carbocycles. The quantitative estimate of drug-likeness (QED) is 0.575. The van der Waals surface area contributed by atoms with Crippen molar-refractivity contribution in [3.8, 4) is 11.5 Å². The van der Waals surface area contributed by atoms with E-state index >= 15 is 0 Å². The Morgan fingerprint density at radius 2 is 1.78 bits per heavy atom. The van der Waals surface area contributed by atoms with Gasteiger partial charge < -0.3 is 14.8 Å². The van der Waals surface area contributed by atoms with E-state index in [1.165, 1.54) is 44.6 Å². The van der Waals surface area contributed by atoms with Crippen LogP contribution >= 0.6 is 0 Å². The Labute approximate surface area is 187 Å². The molecule has 0 saturated heterocycles. The third kappa shape index (κ3) is 5.59. The molecule has 0 saturated carbocycles. The summed E-state index contributed by atoms with van der Waals surface area (Å²) in [4.78, 5) is 12.6. The normalized spacial score (nSPS) is 13.8. The zero-order chi connectivity index (χ0) is 23.1. The second-order valence-electron chi connectivity index (χ2n) is 7.39. The zero-order valence-corrected chi connectivity index (χ0v) is 19.0. The minimum atomic E-state index is -4.16. The Morgan fingerprint density at radius 3 is 2.41 bits per heavy atom. The summed E-state index contributed by atoms with van der Waals surface area (Å²) in [7, 11) is -1.31. The lowest BCUT2D eigenvalue weighted by Gasteiger charge is -2.25. The van der Waals surface area contributed by atoms with Crippen molar-refractivity contribution in [1.82, 2.24) is 5.32 Å². The molecule has 1 amide bonds. The number of carbonyl (C=O) groups excluding carboxylic acids is 1. The number of benzene rings is 2. The van der Waals surface area contributed by atoms with E-state index in [4.69, 9.17) is 9.47 Å². The number of hydrogen-bond acceptors (Lipinski definition) is 5. The van der Waals surface area contributed by atoms with Crippen LogP contribution in [0.1, 0.15) is 25.7 Å². The second-order valence-corrected chi connectivity index (χ2v) is 9.25. The summed E-state index contributed by atoms with van der Waals surface area (Å²) in [6.45, 7) is -0.0674. The van der Waals surface area contributed by atoms with Crippen molar-refractivity contribution in [1.29, 1.82) is 0 Å². The molecule has 1 N–H and O–H groups in total. The molecule has 0 bridgehead atoms. The molecule has 0 unspecified atom stereocenters. The van der Waals surface area contributed by atoms with Crippen molar-refractivity contribution < 1.29 is 27.1 Å². The van der Waals surface area contributed by atoms with Gasteiger partial charge in [-0.25, -0.2) is 12.8 Å². The summed E-state index contributed by atoms with van der Waals surface area (Å²) in [5.41, 5.74) is 1.31. The lowest BCUT2D eigenvalue weighted by molar-refractivity contribution is -0.119. The summed E-state index contributed by atoms with van der Waals surface area (Å²) in [6, 6.07) is 9.13. The molecule has 0 aromatic heterocycles. The van der Waals surface area contributed by atoms with Gasteiger partial charge in [-0.3, -0.25) is 9.10 Å². The average Bonchev–Trinajstić information content (AvgIpc) is 2.82. The van der Waals surface area contributed by atoms with Crippen molar-refractivity contribution in [3.05, 3.63) is 59.9 Å². The number of nitrogens with one attached hydrogen (secondary N) is 1. The third-order valence-electron chi connectivity index (χ3n) is 5.24. The highest BCUT2D eigenvalue weighted by Gasteiger charge is 2.28. The lowest BCUT2D eigenvalue weighted by Crippen LogP contribution is -2.41. The van der Waals surface area contributed by atoms with E-state index in [0.29, 0.717) is 12.3 Å². The van der Waals surface area contributed by atoms with Crippen LogP contribution in [-0.4, -0.2) is 41.6 Å². The Kier molecular flexibility index (Phi) is 7.74. The molecule has 9 heteroatoms. The zero-order valence-electron chi connectivity index (χ0n) is 18.1. The number of rotatable bonds is 9. The van der Waals surface area contributed by atoms with E-state index in [9.17, 15) is 17.6 Å². The van der Waals surface area contributed by atoms with Gasteiger partial charge in [0.15, 0.2) is 11.5 Å². The number of sulfonamides is 1. The Morgan fingerprint density at radius 1 is 1.06 bits per heavy atom. The van der Waals surface area contributed by atoms with Crippen LogP contribution in [0.5, 0.6) is 11.5 Å². The van der Waals surface area contributed by atoms with Crippen LogP contribution in [0.2, 0.25) is 0 Å². The number of anilines is 1. The SMILES string of the molecule is COc1ccc(S(=O)(=O)N(CC(=O)NCC2=CCCCC2)c2ccc(F)cc2)cc1OC. The molecule has 0 heterocycles. The maximum Gasteiger partial charge on any atom is 0.264 e. The van der Waals surface area contributed by atoms with Crippen molar-refractivity contribution in [2.45, 2.75) is 30.6 Å². The van der Waals surface area contributed by atoms with Crippen LogP contribution in [0.3, 0.4) is 0 Å². The smallest absolute Gasteiger partial charge is 0.264 e. The molecular formula is C23H27FN2O5S. The third-order valence-corrected chi connectivity index (χ3v) is 7.01. The first kappa shape index (κ1) is 23.6. The molecule has 0 radical (unpaired) electrons. The molecule has 0 spiro atoms. The first-order chi connectivity index (χ1) is 15.3. The Bertz CT molecular complexity index is 1080. The second kappa shape index (κ2) is 10.5. The molecule has 2 aromatic rings. The van der Waals surface area contributed by atoms with E-state index in [1.807, 2.05) is 0 Å². The summed E-state index contributed by atoms with van der Waals surface area (Å²) in [6.07, 6.45) is 6.24. The van der Waals surface area contributed by atoms with E-state index in [0.717, 1.165) is 47.7 Å². The molecular weight excluding hydrogens is 435 g/mol. The molecule has 32 heavy (non-hydrogen) atoms. The van der Waals surface area contributed by atoms with Gasteiger partial charge in [-0.05, 0) is 62.1 Å². The molecule has 1 aliphatic rings. The maximum absolute atomic E-state index is 13.5. The number of nitrogens with zero attached hydrogens (tertiary/aromatic N) is 1. The monoisotopic (exact) mass is 462 g/mol. The predicted octanol–water partition coefficient (Wildman–Crippen LogP) is 3.65. The highest BCUT2D eigenvalue weighted by atomic mass is 32.2. The number of allylic oxidation sites excluding steroid dienone is 1. The van der Waals surface area contributed by atoms with Crippen LogP contribution in [-0.2, 0) is 14.8 Å². The van der Waals surface area contributed by atoms with E-state index in [-0.39, 0.29) is 16.3 Å². The van der Waals surface area contributed by atoms with Crippen molar-refractivity contribution >= 4 is 21.6 Å². The molecule has 172 valence electrons. The topological polar surface area (TPSA) is 84.9 Å². The number of halogens is 1. The fraction of sp³-hybridized carbons (Fsp3) is 0.348. The Hall–Kier alpha value is -3.07. The fourth-order valence-electron chi connectivity index (χ4n) is 3.49. The van der Waals surface area contributed by atoms with Crippen LogP contribution in [0.25, 0.3) is 0 Å². The van der Waals surface area contributed by atoms with E-state index < -0.39 is 28.3 Å². The first-order valence-corrected chi connectivity index (χ1v) is 11.7. The fourth-order valence-corrected chi connectivity index (χ4v) is 4.93. The molecule has 0 atom stereocenters. The van der Waals surface area contributed by atoms with Crippen molar-refractivity contribution in [2.75, 3.05) is 31.6 Å². The molecule has 0 aliphatic heterocycles. The van der Waals surface area contributed by atoms with E-state index in [1.54, 1.807) is 0 Å². The minimum Gasteiger partial charge on any atom is -0.493 e. The number of hydrogen-bond donors (Lipinski definition) is 1. The Balaban J connectivity index is 1.89. The number of methoxy groups -OCH3 is 2. The lowest BCUT2D eigenvalue weighted by atomic mass is 10.00. The summed E-state index contributed by atoms with van der Waals surface area (Å²) in [5, 5.41) is 2.80. The minimum absolute atomic E-state index is 0.0812. The first-order valence-electron chi connectivity index (χ1n) is 10.3. The summed E-state index contributed by atoms with van der Waals surface area (Å²) >= 11 is 0. The van der Waals surface area contributed by atoms with Gasteiger partial charge in [0.05, 0.1) is 24.8 Å². The predicted molar refractivity (Wildman–Crippen MR) is 120 cm³/mol. The van der Waals surface area contributed by atoms with E-state index in [2.05, 4.69) is 11.4 Å². The standard InChI is InChI=1S/C23H27FN2O5S/c1-30-21-13-12-20(14-22(21)31-2)32(28,29)26(19-10-8-18(24)9-11-19)16-23(27)25-15-17-6-4-3-5-7-17/h6,8-14H,3-5,7,15-16H2,1-2H3,(H,25,27). The molecule has 3 rings (SSSR count). The van der Waals surface area contributed by atoms with Gasteiger partial charge in [-0.1, -0.05) is 11.6 Å². The summed E-state index contributed by atoms with van der Waals surface area (Å²) in [5.74, 6) is -0.352. The van der Waals surface area contributed by atoms with Gasteiger partial charge >= 0.3 is 0 Å². The number of amides is 1. The average molecular weight is 463 g/mol. The highest BCUT2D eigenvalue weighted by molar-refractivity contribution is 7.92. The van der Waals surface area contributed by atoms with Crippen molar-refractivity contribution in [3.63, 3.8) is 0 Å². The van der Waals surface area contributed by atoms with Crippen LogP contribution in [0.4, 0.5) is 10.1 Å². The van der Waals surface area contributed by atoms with Crippen LogP contribution < -0.4 is 19.1 Å². The van der Waals surface area contributed by atoms with Crippen LogP contribution in [0, 0.1) is 5.82 Å². The maximum atomic E-state index is 13.5. The molecule has 1 aliphatic carbocycles. The highest BCUT2D eigenvalue weighted by Crippen LogP contribution is 2.32. The van der Waals surface area contributed by atoms with Gasteiger partial charge in [-0.2, -0.15) is 0 Å². The molecule has 0 fully saturated rings. The summed E-state index contributed by atoms with van der Waals surface area (Å²) < 4.78 is 51.7. The number of carbonyl (C=O) groups is 1. The van der Waals surface area contributed by atoms with Gasteiger partial charge in [0, 0.05) is 12.6 Å².